The molecule has 0 aliphatic heterocycles. The summed E-state index contributed by atoms with van der Waals surface area (Å²) in [4.78, 5) is 46.2. The number of carbonyl (C=O) groups is 3. The maximum absolute atomic E-state index is 13.9. The minimum atomic E-state index is -0.935. The van der Waals surface area contributed by atoms with Gasteiger partial charge < -0.3 is 31.2 Å². The number of amides is 3. The first-order valence-electron chi connectivity index (χ1n) is 15.4. The van der Waals surface area contributed by atoms with Crippen LogP contribution in [-0.2, 0) is 20.7 Å². The average molecular weight is 574 g/mol. The molecule has 1 aromatic rings. The smallest absolute Gasteiger partial charge is 0.404 e. The number of H-pyrrole nitrogens is 1. The van der Waals surface area contributed by atoms with E-state index in [0.717, 1.165) is 44.9 Å². The Hall–Kier alpha value is -2.88. The predicted molar refractivity (Wildman–Crippen MR) is 158 cm³/mol. The fourth-order valence-corrected chi connectivity index (χ4v) is 6.47. The van der Waals surface area contributed by atoms with Gasteiger partial charge in [-0.3, -0.25) is 9.59 Å². The van der Waals surface area contributed by atoms with Crippen molar-refractivity contribution in [3.63, 3.8) is 0 Å². The number of nitrogens with zero attached hydrogens (tertiary/aromatic N) is 1. The first-order chi connectivity index (χ1) is 19.6. The van der Waals surface area contributed by atoms with Crippen LogP contribution in [0.2, 0.25) is 0 Å². The van der Waals surface area contributed by atoms with Gasteiger partial charge in [0.15, 0.2) is 0 Å². The van der Waals surface area contributed by atoms with Gasteiger partial charge in [0.25, 0.3) is 0 Å². The summed E-state index contributed by atoms with van der Waals surface area (Å²) in [5, 5.41) is 17.5. The van der Waals surface area contributed by atoms with Crippen molar-refractivity contribution in [1.82, 2.24) is 20.6 Å². The van der Waals surface area contributed by atoms with Gasteiger partial charge >= 0.3 is 6.09 Å². The number of nitrogens with two attached hydrogens (primary N) is 1. The normalized spacial score (nSPS) is 20.4. The van der Waals surface area contributed by atoms with Crippen molar-refractivity contribution in [3.05, 3.63) is 30.9 Å². The maximum atomic E-state index is 13.9. The molecule has 2 fully saturated rings. The standard InChI is InChI=1S/C31H51N5O5/c1-4-23(21(2)3)16-27(37)25(15-22-11-7-5-8-12-22)35-28(38)26(17-24-18-33-20-34-24)36-29(39)31(19-41-30(32)40)13-9-6-10-14-31/h4,18,20-23,25-27,37H,1,5-17,19H2,2-3H3,(H2,32,40)(H,33,34)(H,35,38)(H,36,39)/t23-,25-,26-,27+/m0/s1. The van der Waals surface area contributed by atoms with Crippen LogP contribution in [0.15, 0.2) is 25.2 Å². The Morgan fingerprint density at radius 1 is 1.17 bits per heavy atom. The molecule has 3 amide bonds. The van der Waals surface area contributed by atoms with Crippen molar-refractivity contribution in [1.29, 1.82) is 0 Å². The van der Waals surface area contributed by atoms with Crippen LogP contribution in [0.5, 0.6) is 0 Å². The van der Waals surface area contributed by atoms with Crippen LogP contribution in [0.25, 0.3) is 0 Å². The van der Waals surface area contributed by atoms with Gasteiger partial charge in [-0.1, -0.05) is 71.3 Å². The van der Waals surface area contributed by atoms with Gasteiger partial charge in [0, 0.05) is 18.3 Å². The van der Waals surface area contributed by atoms with Crippen LogP contribution in [0.3, 0.4) is 0 Å². The highest BCUT2D eigenvalue weighted by molar-refractivity contribution is 5.90. The molecule has 4 atom stereocenters. The molecular weight excluding hydrogens is 522 g/mol. The van der Waals surface area contributed by atoms with Crippen LogP contribution < -0.4 is 16.4 Å². The maximum Gasteiger partial charge on any atom is 0.404 e. The van der Waals surface area contributed by atoms with Gasteiger partial charge in [-0.15, -0.1) is 6.58 Å². The molecule has 0 radical (unpaired) electrons. The summed E-state index contributed by atoms with van der Waals surface area (Å²) in [5.41, 5.74) is 5.00. The molecule has 6 N–H and O–H groups in total. The number of carbonyl (C=O) groups excluding carboxylic acids is 3. The largest absolute Gasteiger partial charge is 0.449 e. The van der Waals surface area contributed by atoms with Gasteiger partial charge in [-0.2, -0.15) is 0 Å². The minimum absolute atomic E-state index is 0.117. The molecule has 41 heavy (non-hydrogen) atoms. The number of rotatable bonds is 15. The summed E-state index contributed by atoms with van der Waals surface area (Å²) in [5.74, 6) is 0.188. The van der Waals surface area contributed by atoms with Gasteiger partial charge in [0.2, 0.25) is 11.8 Å². The van der Waals surface area contributed by atoms with Crippen molar-refractivity contribution >= 4 is 17.9 Å². The molecule has 1 heterocycles. The SMILES string of the molecule is C=C[C@@H](C[C@@H](O)[C@H](CC1CCCCC1)NC(=O)[C@H](Cc1cnc[nH]1)NC(=O)C1(COC(N)=O)CCCCC1)C(C)C. The zero-order valence-electron chi connectivity index (χ0n) is 24.9. The summed E-state index contributed by atoms with van der Waals surface area (Å²) >= 11 is 0. The highest BCUT2D eigenvalue weighted by Crippen LogP contribution is 2.37. The summed E-state index contributed by atoms with van der Waals surface area (Å²) in [6, 6.07) is -1.36. The zero-order chi connectivity index (χ0) is 29.8. The van der Waals surface area contributed by atoms with E-state index in [1.807, 2.05) is 6.08 Å². The van der Waals surface area contributed by atoms with E-state index >= 15 is 0 Å². The topological polar surface area (TPSA) is 159 Å². The summed E-state index contributed by atoms with van der Waals surface area (Å²) in [6.45, 7) is 8.05. The molecule has 0 spiro atoms. The van der Waals surface area contributed by atoms with Crippen molar-refractivity contribution < 1.29 is 24.2 Å². The Bertz CT molecular complexity index is 970. The summed E-state index contributed by atoms with van der Waals surface area (Å²) in [7, 11) is 0. The number of hydrogen-bond donors (Lipinski definition) is 5. The molecule has 0 unspecified atom stereocenters. The van der Waals surface area contributed by atoms with E-state index < -0.39 is 29.7 Å². The fraction of sp³-hybridized carbons (Fsp3) is 0.742. The minimum Gasteiger partial charge on any atom is -0.449 e. The highest BCUT2D eigenvalue weighted by Gasteiger charge is 2.42. The van der Waals surface area contributed by atoms with Crippen molar-refractivity contribution in [2.24, 2.45) is 28.9 Å². The number of aliphatic hydroxyl groups is 1. The first-order valence-corrected chi connectivity index (χ1v) is 15.4. The molecule has 3 rings (SSSR count). The van der Waals surface area contributed by atoms with Crippen LogP contribution in [0.4, 0.5) is 4.79 Å². The van der Waals surface area contributed by atoms with Crippen molar-refractivity contribution in [2.75, 3.05) is 6.61 Å². The summed E-state index contributed by atoms with van der Waals surface area (Å²) < 4.78 is 5.12. The molecule has 2 aliphatic carbocycles. The number of nitrogens with one attached hydrogen (secondary N) is 3. The molecule has 2 saturated carbocycles. The lowest BCUT2D eigenvalue weighted by Gasteiger charge is -2.37. The fourth-order valence-electron chi connectivity index (χ4n) is 6.47. The molecule has 1 aromatic heterocycles. The Labute approximate surface area is 244 Å². The second-order valence-corrected chi connectivity index (χ2v) is 12.6. The number of aromatic nitrogens is 2. The van der Waals surface area contributed by atoms with Gasteiger partial charge in [-0.05, 0) is 43.4 Å². The molecule has 0 bridgehead atoms. The highest BCUT2D eigenvalue weighted by atomic mass is 16.5. The van der Waals surface area contributed by atoms with E-state index in [9.17, 15) is 19.5 Å². The van der Waals surface area contributed by atoms with Crippen LogP contribution in [-0.4, -0.2) is 57.8 Å². The third kappa shape index (κ3) is 9.87. The Balaban J connectivity index is 1.81. The van der Waals surface area contributed by atoms with Crippen LogP contribution in [0, 0.1) is 23.2 Å². The number of allylic oxidation sites excluding steroid dienone is 1. The molecule has 10 nitrogen and oxygen atoms in total. The van der Waals surface area contributed by atoms with Gasteiger partial charge in [-0.25, -0.2) is 9.78 Å². The lowest BCUT2D eigenvalue weighted by atomic mass is 9.73. The monoisotopic (exact) mass is 573 g/mol. The molecule has 230 valence electrons. The van der Waals surface area contributed by atoms with E-state index in [1.165, 1.54) is 12.7 Å². The number of imidazole rings is 1. The molecule has 0 aromatic carbocycles. The molecule has 2 aliphatic rings. The number of hydrogen-bond acceptors (Lipinski definition) is 6. The number of ether oxygens (including phenoxy) is 1. The van der Waals surface area contributed by atoms with Gasteiger partial charge in [0.05, 0.1) is 23.9 Å². The molecule has 0 saturated heterocycles. The average Bonchev–Trinajstić information content (AvgIpc) is 3.48. The third-order valence-corrected chi connectivity index (χ3v) is 9.16. The van der Waals surface area contributed by atoms with Gasteiger partial charge in [0.1, 0.15) is 12.6 Å². The second-order valence-electron chi connectivity index (χ2n) is 12.6. The number of primary amides is 1. The number of aromatic amines is 1. The summed E-state index contributed by atoms with van der Waals surface area (Å²) in [6.07, 6.45) is 14.2. The zero-order valence-corrected chi connectivity index (χ0v) is 24.9. The molecular formula is C31H51N5O5. The molecule has 10 heteroatoms. The first kappa shape index (κ1) is 32.6. The lowest BCUT2D eigenvalue weighted by molar-refractivity contribution is -0.139. The van der Waals surface area contributed by atoms with Crippen molar-refractivity contribution in [3.8, 4) is 0 Å². The third-order valence-electron chi connectivity index (χ3n) is 9.16. The lowest BCUT2D eigenvalue weighted by Crippen LogP contribution is -2.57. The Morgan fingerprint density at radius 2 is 1.85 bits per heavy atom. The van der Waals surface area contributed by atoms with Crippen molar-refractivity contribution in [2.45, 2.75) is 116 Å². The second kappa shape index (κ2) is 15.9. The predicted octanol–water partition coefficient (Wildman–Crippen LogP) is 4.15. The quantitative estimate of drug-likeness (QED) is 0.198. The van der Waals surface area contributed by atoms with E-state index in [4.69, 9.17) is 10.5 Å². The Morgan fingerprint density at radius 3 is 2.44 bits per heavy atom. The van der Waals surface area contributed by atoms with E-state index in [2.05, 4.69) is 41.0 Å². The van der Waals surface area contributed by atoms with E-state index in [0.29, 0.717) is 43.2 Å². The van der Waals surface area contributed by atoms with Crippen LogP contribution in [0.1, 0.15) is 96.6 Å². The van der Waals surface area contributed by atoms with E-state index in [1.54, 1.807) is 6.20 Å². The number of aliphatic hydroxyl groups excluding tert-OH is 1. The van der Waals surface area contributed by atoms with E-state index in [-0.39, 0.29) is 30.8 Å². The van der Waals surface area contributed by atoms with Crippen LogP contribution >= 0.6 is 0 Å². The Kier molecular flexibility index (Phi) is 12.7.